The van der Waals surface area contributed by atoms with Gasteiger partial charge in [0.25, 0.3) is 0 Å². The lowest BCUT2D eigenvalue weighted by atomic mass is 9.84. The van der Waals surface area contributed by atoms with Crippen LogP contribution in [0.4, 0.5) is 10.5 Å². The van der Waals surface area contributed by atoms with Gasteiger partial charge in [-0.05, 0) is 36.8 Å². The molecule has 0 spiro atoms. The quantitative estimate of drug-likeness (QED) is 0.808. The fraction of sp³-hybridized carbons (Fsp3) is 0.381. The number of ether oxygens (including phenoxy) is 2. The van der Waals surface area contributed by atoms with E-state index in [1.165, 1.54) is 0 Å². The number of nitrogens with one attached hydrogen (secondary N) is 1. The summed E-state index contributed by atoms with van der Waals surface area (Å²) in [5.41, 5.74) is 1.69. The average Bonchev–Trinajstić information content (AvgIpc) is 2.67. The van der Waals surface area contributed by atoms with Crippen molar-refractivity contribution in [1.29, 1.82) is 0 Å². The molecule has 0 fully saturated rings. The Morgan fingerprint density at radius 2 is 1.69 bits per heavy atom. The molecule has 0 saturated carbocycles. The van der Waals surface area contributed by atoms with E-state index in [-0.39, 0.29) is 11.4 Å². The predicted octanol–water partition coefficient (Wildman–Crippen LogP) is 4.22. The number of hydrogen-bond acceptors (Lipinski definition) is 3. The second-order valence-corrected chi connectivity index (χ2v) is 6.69. The van der Waals surface area contributed by atoms with Crippen molar-refractivity contribution in [2.45, 2.75) is 26.2 Å². The molecule has 2 amide bonds. The Hall–Kier alpha value is -2.69. The largest absolute Gasteiger partial charge is 0.493 e. The Morgan fingerprint density at radius 3 is 2.27 bits per heavy atom. The van der Waals surface area contributed by atoms with E-state index in [1.54, 1.807) is 19.1 Å². The number of para-hydroxylation sites is 1. The first kappa shape index (κ1) is 19.6. The average molecular weight is 356 g/mol. The van der Waals surface area contributed by atoms with Crippen LogP contribution in [0.3, 0.4) is 0 Å². The van der Waals surface area contributed by atoms with Crippen molar-refractivity contribution in [3.8, 4) is 11.5 Å². The Bertz CT molecular complexity index is 729. The van der Waals surface area contributed by atoms with Crippen LogP contribution in [0.2, 0.25) is 0 Å². The highest BCUT2D eigenvalue weighted by Gasteiger charge is 2.24. The molecule has 0 aromatic heterocycles. The second-order valence-electron chi connectivity index (χ2n) is 6.69. The lowest BCUT2D eigenvalue weighted by Gasteiger charge is -2.29. The van der Waals surface area contributed by atoms with Gasteiger partial charge in [-0.2, -0.15) is 0 Å². The number of methoxy groups -OCH3 is 2. The predicted molar refractivity (Wildman–Crippen MR) is 105 cm³/mol. The van der Waals surface area contributed by atoms with Crippen LogP contribution in [0.15, 0.2) is 48.5 Å². The van der Waals surface area contributed by atoms with Gasteiger partial charge in [-0.15, -0.1) is 0 Å². The Labute approximate surface area is 155 Å². The number of hydrogen-bond donors (Lipinski definition) is 1. The van der Waals surface area contributed by atoms with Gasteiger partial charge in [0.15, 0.2) is 11.5 Å². The summed E-state index contributed by atoms with van der Waals surface area (Å²) in [6.45, 7) is 7.25. The number of anilines is 1. The maximum Gasteiger partial charge on any atom is 0.321 e. The number of rotatable bonds is 7. The normalized spacial score (nSPS) is 11.0. The van der Waals surface area contributed by atoms with Gasteiger partial charge in [0.1, 0.15) is 0 Å². The molecule has 0 saturated heterocycles. The molecule has 0 atom stereocenters. The lowest BCUT2D eigenvalue weighted by molar-refractivity contribution is 0.244. The number of benzene rings is 2. The maximum absolute atomic E-state index is 12.6. The van der Waals surface area contributed by atoms with E-state index < -0.39 is 0 Å². The van der Waals surface area contributed by atoms with Crippen molar-refractivity contribution in [2.24, 2.45) is 0 Å². The van der Waals surface area contributed by atoms with Crippen molar-refractivity contribution in [1.82, 2.24) is 5.32 Å². The SMILES string of the molecule is CCN(C(=O)NCC(C)(C)c1ccc(OC)c(OC)c1)c1ccccc1. The molecule has 0 bridgehead atoms. The Kier molecular flexibility index (Phi) is 6.50. The van der Waals surface area contributed by atoms with Crippen LogP contribution in [0, 0.1) is 0 Å². The van der Waals surface area contributed by atoms with E-state index in [4.69, 9.17) is 9.47 Å². The molecule has 1 N–H and O–H groups in total. The Morgan fingerprint density at radius 1 is 1.04 bits per heavy atom. The van der Waals surface area contributed by atoms with Crippen LogP contribution in [0.1, 0.15) is 26.3 Å². The van der Waals surface area contributed by atoms with Crippen molar-refractivity contribution in [3.63, 3.8) is 0 Å². The molecule has 2 aromatic carbocycles. The molecule has 0 aliphatic carbocycles. The zero-order valence-corrected chi connectivity index (χ0v) is 16.2. The Balaban J connectivity index is 2.10. The summed E-state index contributed by atoms with van der Waals surface area (Å²) >= 11 is 0. The first-order valence-corrected chi connectivity index (χ1v) is 8.76. The third kappa shape index (κ3) is 4.48. The van der Waals surface area contributed by atoms with E-state index in [1.807, 2.05) is 55.5 Å². The van der Waals surface area contributed by atoms with Crippen LogP contribution < -0.4 is 19.7 Å². The molecule has 5 heteroatoms. The molecule has 5 nitrogen and oxygen atoms in total. The van der Waals surface area contributed by atoms with Gasteiger partial charge in [-0.25, -0.2) is 4.79 Å². The van der Waals surface area contributed by atoms with Crippen molar-refractivity contribution in [2.75, 3.05) is 32.2 Å². The van der Waals surface area contributed by atoms with Crippen LogP contribution in [0.25, 0.3) is 0 Å². The summed E-state index contributed by atoms with van der Waals surface area (Å²) in [4.78, 5) is 14.4. The van der Waals surface area contributed by atoms with E-state index in [9.17, 15) is 4.79 Å². The smallest absolute Gasteiger partial charge is 0.321 e. The van der Waals surface area contributed by atoms with E-state index in [0.29, 0.717) is 24.6 Å². The third-order valence-corrected chi connectivity index (χ3v) is 4.48. The number of carbonyl (C=O) groups excluding carboxylic acids is 1. The molecule has 0 aliphatic rings. The second kappa shape index (κ2) is 8.61. The molecule has 140 valence electrons. The molecule has 2 aromatic rings. The molecule has 2 rings (SSSR count). The topological polar surface area (TPSA) is 50.8 Å². The first-order chi connectivity index (χ1) is 12.4. The molecule has 26 heavy (non-hydrogen) atoms. The van der Waals surface area contributed by atoms with Crippen molar-refractivity contribution in [3.05, 3.63) is 54.1 Å². The number of urea groups is 1. The van der Waals surface area contributed by atoms with Crippen LogP contribution in [-0.2, 0) is 5.41 Å². The van der Waals surface area contributed by atoms with Crippen LogP contribution in [-0.4, -0.2) is 33.3 Å². The summed E-state index contributed by atoms with van der Waals surface area (Å²) in [5, 5.41) is 3.05. The van der Waals surface area contributed by atoms with Gasteiger partial charge in [-0.3, -0.25) is 4.90 Å². The monoisotopic (exact) mass is 356 g/mol. The van der Waals surface area contributed by atoms with Gasteiger partial charge in [0.2, 0.25) is 0 Å². The highest BCUT2D eigenvalue weighted by Crippen LogP contribution is 2.33. The van der Waals surface area contributed by atoms with Crippen molar-refractivity contribution < 1.29 is 14.3 Å². The highest BCUT2D eigenvalue weighted by molar-refractivity contribution is 5.91. The summed E-state index contributed by atoms with van der Waals surface area (Å²) < 4.78 is 10.7. The van der Waals surface area contributed by atoms with Crippen molar-refractivity contribution >= 4 is 11.7 Å². The first-order valence-electron chi connectivity index (χ1n) is 8.76. The zero-order valence-electron chi connectivity index (χ0n) is 16.2. The van der Waals surface area contributed by atoms with Gasteiger partial charge in [-0.1, -0.05) is 38.1 Å². The minimum absolute atomic E-state index is 0.104. The third-order valence-electron chi connectivity index (χ3n) is 4.48. The van der Waals surface area contributed by atoms with Gasteiger partial charge < -0.3 is 14.8 Å². The van der Waals surface area contributed by atoms with E-state index in [2.05, 4.69) is 19.2 Å². The molecular weight excluding hydrogens is 328 g/mol. The van der Waals surface area contributed by atoms with Gasteiger partial charge in [0, 0.05) is 24.2 Å². The number of nitrogens with zero attached hydrogens (tertiary/aromatic N) is 1. The van der Waals surface area contributed by atoms with Gasteiger partial charge in [0.05, 0.1) is 14.2 Å². The fourth-order valence-corrected chi connectivity index (χ4v) is 2.80. The summed E-state index contributed by atoms with van der Waals surface area (Å²) in [7, 11) is 3.24. The molecule has 0 radical (unpaired) electrons. The lowest BCUT2D eigenvalue weighted by Crippen LogP contribution is -2.44. The maximum atomic E-state index is 12.6. The molecular formula is C21H28N2O3. The summed E-state index contributed by atoms with van der Waals surface area (Å²) in [5.74, 6) is 1.38. The number of carbonyl (C=O) groups is 1. The van der Waals surface area contributed by atoms with E-state index >= 15 is 0 Å². The highest BCUT2D eigenvalue weighted by atomic mass is 16.5. The minimum atomic E-state index is -0.259. The molecule has 0 unspecified atom stereocenters. The summed E-state index contributed by atoms with van der Waals surface area (Å²) in [6.07, 6.45) is 0. The molecule has 0 aliphatic heterocycles. The van der Waals surface area contributed by atoms with Crippen LogP contribution in [0.5, 0.6) is 11.5 Å². The van der Waals surface area contributed by atoms with Crippen LogP contribution >= 0.6 is 0 Å². The zero-order chi connectivity index (χ0) is 19.2. The van der Waals surface area contributed by atoms with Gasteiger partial charge >= 0.3 is 6.03 Å². The summed E-state index contributed by atoms with van der Waals surface area (Å²) in [6, 6.07) is 15.4. The minimum Gasteiger partial charge on any atom is -0.493 e. The number of amides is 2. The fourth-order valence-electron chi connectivity index (χ4n) is 2.80. The standard InChI is InChI=1S/C21H28N2O3/c1-6-23(17-10-8-7-9-11-17)20(24)22-15-21(2,3)16-12-13-18(25-4)19(14-16)26-5/h7-14H,6,15H2,1-5H3,(H,22,24). The molecule has 0 heterocycles. The van der Waals surface area contributed by atoms with E-state index in [0.717, 1.165) is 11.3 Å².